The van der Waals surface area contributed by atoms with Crippen molar-refractivity contribution in [3.63, 3.8) is 0 Å². The molecule has 0 aliphatic rings. The summed E-state index contributed by atoms with van der Waals surface area (Å²) in [5.74, 6) is 2.77. The van der Waals surface area contributed by atoms with Crippen molar-refractivity contribution in [2.45, 2.75) is 52.0 Å². The number of rotatable bonds is 9. The van der Waals surface area contributed by atoms with E-state index in [1.807, 2.05) is 11.8 Å². The molecular weight excluding hydrogens is 250 g/mol. The van der Waals surface area contributed by atoms with E-state index >= 15 is 0 Å². The van der Waals surface area contributed by atoms with Gasteiger partial charge in [-0.15, -0.1) is 11.8 Å². The Balaban J connectivity index is 2.30. The van der Waals surface area contributed by atoms with Gasteiger partial charge < -0.3 is 5.32 Å². The molecule has 1 aromatic rings. The number of thioether (sulfide) groups is 1. The fourth-order valence-electron chi connectivity index (χ4n) is 2.02. The maximum Gasteiger partial charge on any atom is 0.0205 e. The molecule has 0 heterocycles. The number of hydrogen-bond acceptors (Lipinski definition) is 2. The molecule has 1 rings (SSSR count). The average molecular weight is 279 g/mol. The second kappa shape index (κ2) is 9.44. The van der Waals surface area contributed by atoms with Crippen molar-refractivity contribution in [3.8, 4) is 0 Å². The molecule has 1 aromatic carbocycles. The van der Waals surface area contributed by atoms with Crippen LogP contribution in [0.15, 0.2) is 29.2 Å². The second-order valence-electron chi connectivity index (χ2n) is 5.87. The summed E-state index contributed by atoms with van der Waals surface area (Å²) >= 11 is 1.99. The summed E-state index contributed by atoms with van der Waals surface area (Å²) in [6, 6.07) is 9.02. The lowest BCUT2D eigenvalue weighted by Crippen LogP contribution is -2.18. The maximum atomic E-state index is 3.48. The normalized spacial score (nSPS) is 12.9. The fraction of sp³-hybridized carbons (Fsp3) is 0.647. The Labute approximate surface area is 123 Å². The molecule has 0 aliphatic carbocycles. The van der Waals surface area contributed by atoms with Gasteiger partial charge in [-0.1, -0.05) is 52.7 Å². The van der Waals surface area contributed by atoms with E-state index in [-0.39, 0.29) is 0 Å². The molecule has 1 nitrogen and oxygen atoms in total. The van der Waals surface area contributed by atoms with Gasteiger partial charge in [0.05, 0.1) is 0 Å². The molecule has 1 atom stereocenters. The highest BCUT2D eigenvalue weighted by Crippen LogP contribution is 2.22. The highest BCUT2D eigenvalue weighted by molar-refractivity contribution is 7.99. The van der Waals surface area contributed by atoms with Crippen LogP contribution < -0.4 is 5.32 Å². The summed E-state index contributed by atoms with van der Waals surface area (Å²) in [4.78, 5) is 1.40. The van der Waals surface area contributed by atoms with Crippen molar-refractivity contribution in [1.82, 2.24) is 5.32 Å². The van der Waals surface area contributed by atoms with Crippen molar-refractivity contribution in [1.29, 1.82) is 0 Å². The van der Waals surface area contributed by atoms with Crippen LogP contribution in [0.5, 0.6) is 0 Å². The van der Waals surface area contributed by atoms with Crippen LogP contribution in [0.4, 0.5) is 0 Å². The summed E-state index contributed by atoms with van der Waals surface area (Å²) in [5.41, 5.74) is 1.38. The van der Waals surface area contributed by atoms with Gasteiger partial charge in [-0.3, -0.25) is 0 Å². The molecule has 0 fully saturated rings. The highest BCUT2D eigenvalue weighted by atomic mass is 32.2. The largest absolute Gasteiger partial charge is 0.312 e. The molecular formula is C17H29NS. The van der Waals surface area contributed by atoms with Crippen LogP contribution in [0, 0.1) is 11.8 Å². The Hall–Kier alpha value is -0.470. The fourth-order valence-corrected chi connectivity index (χ4v) is 3.00. The summed E-state index contributed by atoms with van der Waals surface area (Å²) in [7, 11) is 0. The van der Waals surface area contributed by atoms with Crippen LogP contribution in [-0.2, 0) is 6.54 Å². The van der Waals surface area contributed by atoms with Crippen molar-refractivity contribution in [2.24, 2.45) is 11.8 Å². The molecule has 0 aliphatic heterocycles. The first kappa shape index (κ1) is 16.6. The Morgan fingerprint density at radius 2 is 1.79 bits per heavy atom. The minimum atomic E-state index is 0.717. The zero-order valence-corrected chi connectivity index (χ0v) is 13.7. The van der Waals surface area contributed by atoms with Crippen LogP contribution in [0.25, 0.3) is 0 Å². The first-order chi connectivity index (χ1) is 9.11. The van der Waals surface area contributed by atoms with Crippen molar-refractivity contribution in [3.05, 3.63) is 29.8 Å². The van der Waals surface area contributed by atoms with Crippen LogP contribution in [0.3, 0.4) is 0 Å². The molecule has 0 bridgehead atoms. The Bertz CT molecular complexity index is 332. The summed E-state index contributed by atoms with van der Waals surface area (Å²) < 4.78 is 0. The summed E-state index contributed by atoms with van der Waals surface area (Å²) in [6.07, 6.45) is 2.63. The molecule has 1 unspecified atom stereocenters. The molecule has 0 saturated carbocycles. The first-order valence-electron chi connectivity index (χ1n) is 7.54. The van der Waals surface area contributed by atoms with E-state index in [0.717, 1.165) is 24.9 Å². The maximum absolute atomic E-state index is 3.48. The van der Waals surface area contributed by atoms with Crippen molar-refractivity contribution < 1.29 is 0 Å². The van der Waals surface area contributed by atoms with E-state index in [2.05, 4.69) is 57.3 Å². The van der Waals surface area contributed by atoms with Gasteiger partial charge in [-0.25, -0.2) is 0 Å². The average Bonchev–Trinajstić information content (AvgIpc) is 2.38. The van der Waals surface area contributed by atoms with Gasteiger partial charge in [-0.05, 0) is 36.1 Å². The van der Waals surface area contributed by atoms with E-state index in [0.29, 0.717) is 0 Å². The number of benzene rings is 1. The second-order valence-corrected chi connectivity index (χ2v) is 6.97. The molecule has 2 heteroatoms. The summed E-state index contributed by atoms with van der Waals surface area (Å²) in [5, 5.41) is 3.48. The van der Waals surface area contributed by atoms with Gasteiger partial charge in [0, 0.05) is 17.2 Å². The van der Waals surface area contributed by atoms with E-state index < -0.39 is 0 Å². The van der Waals surface area contributed by atoms with Gasteiger partial charge in [0.15, 0.2) is 0 Å². The van der Waals surface area contributed by atoms with Crippen LogP contribution >= 0.6 is 11.8 Å². The van der Waals surface area contributed by atoms with Gasteiger partial charge in [0.25, 0.3) is 0 Å². The van der Waals surface area contributed by atoms with E-state index in [1.165, 1.54) is 29.1 Å². The molecule has 0 radical (unpaired) electrons. The third kappa shape index (κ3) is 7.64. The smallest absolute Gasteiger partial charge is 0.0205 e. The zero-order valence-electron chi connectivity index (χ0n) is 12.9. The van der Waals surface area contributed by atoms with E-state index in [4.69, 9.17) is 0 Å². The monoisotopic (exact) mass is 279 g/mol. The molecule has 0 amide bonds. The third-order valence-electron chi connectivity index (χ3n) is 3.12. The lowest BCUT2D eigenvalue weighted by atomic mass is 10.1. The topological polar surface area (TPSA) is 12.0 Å². The van der Waals surface area contributed by atoms with Gasteiger partial charge in [-0.2, -0.15) is 0 Å². The highest BCUT2D eigenvalue weighted by Gasteiger charge is 2.02. The molecule has 0 aromatic heterocycles. The molecule has 1 N–H and O–H groups in total. The van der Waals surface area contributed by atoms with Crippen LogP contribution in [0.1, 0.15) is 46.1 Å². The van der Waals surface area contributed by atoms with Gasteiger partial charge in [0.2, 0.25) is 0 Å². The third-order valence-corrected chi connectivity index (χ3v) is 4.46. The quantitative estimate of drug-likeness (QED) is 0.641. The molecule has 0 spiro atoms. The minimum Gasteiger partial charge on any atom is -0.312 e. The SMILES string of the molecule is CCCC(C)CSc1ccc(CNCC(C)C)cc1. The Morgan fingerprint density at radius 3 is 2.37 bits per heavy atom. The minimum absolute atomic E-state index is 0.717. The van der Waals surface area contributed by atoms with Crippen molar-refractivity contribution in [2.75, 3.05) is 12.3 Å². The van der Waals surface area contributed by atoms with Crippen LogP contribution in [-0.4, -0.2) is 12.3 Å². The van der Waals surface area contributed by atoms with E-state index in [1.54, 1.807) is 0 Å². The van der Waals surface area contributed by atoms with Crippen LogP contribution in [0.2, 0.25) is 0 Å². The molecule has 108 valence electrons. The Kier molecular flexibility index (Phi) is 8.24. The lowest BCUT2D eigenvalue weighted by molar-refractivity contribution is 0.552. The predicted octanol–water partition coefficient (Wildman–Crippen LogP) is 4.96. The van der Waals surface area contributed by atoms with Gasteiger partial charge in [0.1, 0.15) is 0 Å². The predicted molar refractivity (Wildman–Crippen MR) is 87.8 cm³/mol. The zero-order chi connectivity index (χ0) is 14.1. The first-order valence-corrected chi connectivity index (χ1v) is 8.52. The van der Waals surface area contributed by atoms with Crippen molar-refractivity contribution >= 4 is 11.8 Å². The molecule has 0 saturated heterocycles. The van der Waals surface area contributed by atoms with E-state index in [9.17, 15) is 0 Å². The lowest BCUT2D eigenvalue weighted by Gasteiger charge is -2.10. The Morgan fingerprint density at radius 1 is 1.11 bits per heavy atom. The standard InChI is InChI=1S/C17H29NS/c1-5-6-15(4)13-19-17-9-7-16(8-10-17)12-18-11-14(2)3/h7-10,14-15,18H,5-6,11-13H2,1-4H3. The summed E-state index contributed by atoms with van der Waals surface area (Å²) in [6.45, 7) is 11.2. The van der Waals surface area contributed by atoms with Gasteiger partial charge >= 0.3 is 0 Å². The number of hydrogen-bond donors (Lipinski definition) is 1. The number of nitrogens with one attached hydrogen (secondary N) is 1. The molecule has 19 heavy (non-hydrogen) atoms.